The highest BCUT2D eigenvalue weighted by atomic mass is 16.3. The molecule has 4 nitrogen and oxygen atoms in total. The summed E-state index contributed by atoms with van der Waals surface area (Å²) >= 11 is 0. The molecule has 0 radical (unpaired) electrons. The molecule has 1 aromatic rings. The van der Waals surface area contributed by atoms with Crippen molar-refractivity contribution < 1.29 is 9.90 Å². The molecule has 2 heterocycles. The average Bonchev–Trinajstić information content (AvgIpc) is 3.42. The summed E-state index contributed by atoms with van der Waals surface area (Å²) < 4.78 is 0. The Labute approximate surface area is 175 Å². The topological polar surface area (TPSA) is 43.8 Å². The third-order valence-corrected chi connectivity index (χ3v) is 8.48. The molecular weight excluding hydrogens is 360 g/mol. The van der Waals surface area contributed by atoms with Crippen LogP contribution in [0.15, 0.2) is 24.3 Å². The largest absolute Gasteiger partial charge is 0.373 e. The second-order valence-corrected chi connectivity index (χ2v) is 10.2. The molecule has 4 atom stereocenters. The first-order chi connectivity index (χ1) is 14.1. The number of carbonyl (C=O) groups is 1. The molecule has 4 aliphatic rings. The van der Waals surface area contributed by atoms with E-state index in [1.165, 1.54) is 50.6 Å². The predicted molar refractivity (Wildman–Crippen MR) is 116 cm³/mol. The van der Waals surface area contributed by atoms with E-state index in [2.05, 4.69) is 36.1 Å². The molecule has 1 amide bonds. The first-order valence-corrected chi connectivity index (χ1v) is 11.9. The van der Waals surface area contributed by atoms with Crippen LogP contribution < -0.4 is 4.90 Å². The van der Waals surface area contributed by atoms with Gasteiger partial charge in [0.1, 0.15) is 6.23 Å². The molecule has 2 saturated carbocycles. The summed E-state index contributed by atoms with van der Waals surface area (Å²) in [4.78, 5) is 17.6. The van der Waals surface area contributed by atoms with Crippen molar-refractivity contribution >= 4 is 11.6 Å². The molecule has 4 heteroatoms. The summed E-state index contributed by atoms with van der Waals surface area (Å²) in [5.41, 5.74) is 1.97. The number of hydrogen-bond donors (Lipinski definition) is 1. The summed E-state index contributed by atoms with van der Waals surface area (Å²) in [5, 5.41) is 10.7. The molecule has 1 aromatic carbocycles. The number of benzene rings is 1. The van der Waals surface area contributed by atoms with Crippen molar-refractivity contribution in [2.75, 3.05) is 11.4 Å². The number of likely N-dealkylation sites (tertiary alicyclic amines) is 1. The van der Waals surface area contributed by atoms with E-state index in [0.29, 0.717) is 12.3 Å². The van der Waals surface area contributed by atoms with Crippen LogP contribution in [-0.4, -0.2) is 40.8 Å². The Balaban J connectivity index is 1.28. The second kappa shape index (κ2) is 7.70. The summed E-state index contributed by atoms with van der Waals surface area (Å²) in [6.45, 7) is 3.65. The minimum absolute atomic E-state index is 0.154. The molecule has 0 bridgehead atoms. The zero-order chi connectivity index (χ0) is 20.0. The molecule has 4 unspecified atom stereocenters. The number of aliphatic hydroxyl groups excluding tert-OH is 1. The van der Waals surface area contributed by atoms with Gasteiger partial charge in [0.05, 0.1) is 5.41 Å². The van der Waals surface area contributed by atoms with E-state index < -0.39 is 6.23 Å². The van der Waals surface area contributed by atoms with E-state index in [1.807, 2.05) is 0 Å². The van der Waals surface area contributed by atoms with Crippen molar-refractivity contribution in [1.82, 2.24) is 4.90 Å². The summed E-state index contributed by atoms with van der Waals surface area (Å²) in [6.07, 6.45) is 11.8. The SMILES string of the molecule is CC1CCCN1C1CCC(c2ccc(N3C(=O)C4(CCCCC4)CC3O)cc2)C1. The van der Waals surface area contributed by atoms with Gasteiger partial charge in [-0.15, -0.1) is 0 Å². The summed E-state index contributed by atoms with van der Waals surface area (Å²) in [7, 11) is 0. The highest BCUT2D eigenvalue weighted by Gasteiger charge is 2.51. The second-order valence-electron chi connectivity index (χ2n) is 10.2. The number of anilines is 1. The number of carbonyl (C=O) groups excluding carboxylic acids is 1. The maximum Gasteiger partial charge on any atom is 0.235 e. The summed E-state index contributed by atoms with van der Waals surface area (Å²) in [5.74, 6) is 0.784. The van der Waals surface area contributed by atoms with Gasteiger partial charge in [0, 0.05) is 24.2 Å². The Bertz CT molecular complexity index is 740. The monoisotopic (exact) mass is 396 g/mol. The van der Waals surface area contributed by atoms with Gasteiger partial charge in [-0.25, -0.2) is 0 Å². The van der Waals surface area contributed by atoms with Gasteiger partial charge in [0.25, 0.3) is 0 Å². The Morgan fingerprint density at radius 2 is 1.76 bits per heavy atom. The molecule has 2 aliphatic heterocycles. The molecule has 1 N–H and O–H groups in total. The van der Waals surface area contributed by atoms with Crippen molar-refractivity contribution in [3.8, 4) is 0 Å². The maximum atomic E-state index is 13.2. The van der Waals surface area contributed by atoms with Crippen molar-refractivity contribution in [3.63, 3.8) is 0 Å². The fourth-order valence-electron chi connectivity index (χ4n) is 6.82. The molecule has 2 saturated heterocycles. The van der Waals surface area contributed by atoms with E-state index in [4.69, 9.17) is 0 Å². The van der Waals surface area contributed by atoms with Gasteiger partial charge in [-0.05, 0) is 82.0 Å². The lowest BCUT2D eigenvalue weighted by molar-refractivity contribution is -0.127. The lowest BCUT2D eigenvalue weighted by Crippen LogP contribution is -2.38. The fraction of sp³-hybridized carbons (Fsp3) is 0.720. The lowest BCUT2D eigenvalue weighted by atomic mass is 9.73. The van der Waals surface area contributed by atoms with Gasteiger partial charge in [-0.3, -0.25) is 14.6 Å². The van der Waals surface area contributed by atoms with Crippen molar-refractivity contribution in [3.05, 3.63) is 29.8 Å². The minimum atomic E-state index is -0.668. The third-order valence-electron chi connectivity index (χ3n) is 8.48. The average molecular weight is 397 g/mol. The predicted octanol–water partition coefficient (Wildman–Crippen LogP) is 4.81. The van der Waals surface area contributed by atoms with Crippen LogP contribution >= 0.6 is 0 Å². The Kier molecular flexibility index (Phi) is 5.19. The standard InChI is InChI=1S/C25H36N2O2/c1-18-6-5-15-26(18)22-12-9-20(16-22)19-7-10-21(11-8-19)27-23(28)17-25(24(27)29)13-3-2-4-14-25/h7-8,10-11,18,20,22-23,28H,2-6,9,12-17H2,1H3. The lowest BCUT2D eigenvalue weighted by Gasteiger charge is -2.31. The van der Waals surface area contributed by atoms with Crippen LogP contribution in [0.5, 0.6) is 0 Å². The zero-order valence-corrected chi connectivity index (χ0v) is 17.9. The number of hydrogen-bond acceptors (Lipinski definition) is 3. The number of aliphatic hydroxyl groups is 1. The molecule has 1 spiro atoms. The van der Waals surface area contributed by atoms with E-state index in [1.54, 1.807) is 4.90 Å². The summed E-state index contributed by atoms with van der Waals surface area (Å²) in [6, 6.07) is 10.1. The molecule has 5 rings (SSSR count). The van der Waals surface area contributed by atoms with Crippen LogP contribution in [0.3, 0.4) is 0 Å². The smallest absolute Gasteiger partial charge is 0.235 e. The maximum absolute atomic E-state index is 13.2. The van der Waals surface area contributed by atoms with Crippen LogP contribution in [0.1, 0.15) is 89.0 Å². The minimum Gasteiger partial charge on any atom is -0.373 e. The normalized spacial score (nSPS) is 35.1. The quantitative estimate of drug-likeness (QED) is 0.797. The molecular formula is C25H36N2O2. The zero-order valence-electron chi connectivity index (χ0n) is 17.9. The highest BCUT2D eigenvalue weighted by molar-refractivity contribution is 6.00. The van der Waals surface area contributed by atoms with Gasteiger partial charge < -0.3 is 5.11 Å². The first-order valence-electron chi connectivity index (χ1n) is 11.9. The van der Waals surface area contributed by atoms with Crippen molar-refractivity contribution in [2.45, 2.75) is 102 Å². The van der Waals surface area contributed by atoms with Gasteiger partial charge in [0.2, 0.25) is 5.91 Å². The van der Waals surface area contributed by atoms with Gasteiger partial charge in [-0.2, -0.15) is 0 Å². The molecule has 2 aliphatic carbocycles. The van der Waals surface area contributed by atoms with E-state index in [-0.39, 0.29) is 11.3 Å². The van der Waals surface area contributed by atoms with Crippen LogP contribution in [0, 0.1) is 5.41 Å². The number of nitrogens with zero attached hydrogens (tertiary/aromatic N) is 2. The van der Waals surface area contributed by atoms with Crippen molar-refractivity contribution in [2.24, 2.45) is 5.41 Å². The Hall–Kier alpha value is -1.39. The number of amides is 1. The van der Waals surface area contributed by atoms with Crippen LogP contribution in [0.25, 0.3) is 0 Å². The Morgan fingerprint density at radius 3 is 2.45 bits per heavy atom. The van der Waals surface area contributed by atoms with Crippen LogP contribution in [-0.2, 0) is 4.79 Å². The molecule has 158 valence electrons. The highest BCUT2D eigenvalue weighted by Crippen LogP contribution is 2.48. The third kappa shape index (κ3) is 3.42. The van der Waals surface area contributed by atoms with Gasteiger partial charge >= 0.3 is 0 Å². The molecule has 0 aromatic heterocycles. The fourth-order valence-corrected chi connectivity index (χ4v) is 6.82. The van der Waals surface area contributed by atoms with E-state index >= 15 is 0 Å². The van der Waals surface area contributed by atoms with Crippen molar-refractivity contribution in [1.29, 1.82) is 0 Å². The van der Waals surface area contributed by atoms with E-state index in [0.717, 1.165) is 43.5 Å². The van der Waals surface area contributed by atoms with Gasteiger partial charge in [-0.1, -0.05) is 31.4 Å². The molecule has 29 heavy (non-hydrogen) atoms. The molecule has 4 fully saturated rings. The van der Waals surface area contributed by atoms with Gasteiger partial charge in [0.15, 0.2) is 0 Å². The van der Waals surface area contributed by atoms with Crippen LogP contribution in [0.2, 0.25) is 0 Å². The van der Waals surface area contributed by atoms with Crippen LogP contribution in [0.4, 0.5) is 5.69 Å². The Morgan fingerprint density at radius 1 is 1.00 bits per heavy atom. The number of rotatable bonds is 3. The van der Waals surface area contributed by atoms with E-state index in [9.17, 15) is 9.90 Å². The first kappa shape index (κ1) is 19.6.